The summed E-state index contributed by atoms with van der Waals surface area (Å²) in [6.07, 6.45) is 4.21. The molecule has 1 saturated carbocycles. The zero-order chi connectivity index (χ0) is 20.1. The minimum absolute atomic E-state index is 0.102. The Kier molecular flexibility index (Phi) is 6.73. The Labute approximate surface area is 171 Å². The molecule has 0 unspecified atom stereocenters. The van der Waals surface area contributed by atoms with E-state index in [0.29, 0.717) is 35.0 Å². The molecule has 7 heteroatoms. The van der Waals surface area contributed by atoms with Gasteiger partial charge in [-0.2, -0.15) is 4.98 Å². The zero-order valence-electron chi connectivity index (χ0n) is 16.7. The summed E-state index contributed by atoms with van der Waals surface area (Å²) in [6.45, 7) is 2.67. The van der Waals surface area contributed by atoms with Gasteiger partial charge in [0, 0.05) is 38.4 Å². The van der Waals surface area contributed by atoms with E-state index < -0.39 is 0 Å². The molecule has 0 atom stereocenters. The molecular weight excluding hydrogens is 374 g/mol. The summed E-state index contributed by atoms with van der Waals surface area (Å²) in [6, 6.07) is 9.49. The van der Waals surface area contributed by atoms with Crippen molar-refractivity contribution in [1.82, 2.24) is 15.3 Å². The highest BCUT2D eigenvalue weighted by atomic mass is 35.5. The van der Waals surface area contributed by atoms with Crippen molar-refractivity contribution >= 4 is 29.3 Å². The van der Waals surface area contributed by atoms with E-state index in [1.165, 1.54) is 0 Å². The smallest absolute Gasteiger partial charge is 0.252 e. The van der Waals surface area contributed by atoms with Gasteiger partial charge in [-0.05, 0) is 50.7 Å². The molecule has 2 N–H and O–H groups in total. The summed E-state index contributed by atoms with van der Waals surface area (Å²) >= 11 is 6.09. The van der Waals surface area contributed by atoms with Gasteiger partial charge in [0.2, 0.25) is 5.95 Å². The van der Waals surface area contributed by atoms with Crippen LogP contribution < -0.4 is 15.5 Å². The van der Waals surface area contributed by atoms with Crippen LogP contribution in [0, 0.1) is 12.8 Å². The predicted octanol–water partition coefficient (Wildman–Crippen LogP) is 3.91. The van der Waals surface area contributed by atoms with Crippen molar-refractivity contribution in [3.63, 3.8) is 0 Å². The highest BCUT2D eigenvalue weighted by molar-refractivity contribution is 6.33. The summed E-state index contributed by atoms with van der Waals surface area (Å²) in [4.78, 5) is 23.4. The van der Waals surface area contributed by atoms with Crippen molar-refractivity contribution in [1.29, 1.82) is 0 Å². The molecular formula is C21H28ClN5O. The van der Waals surface area contributed by atoms with Gasteiger partial charge >= 0.3 is 0 Å². The maximum atomic E-state index is 12.3. The summed E-state index contributed by atoms with van der Waals surface area (Å²) in [5.74, 6) is 1.99. The largest absolute Gasteiger partial charge is 0.363 e. The van der Waals surface area contributed by atoms with Crippen molar-refractivity contribution in [3.8, 4) is 0 Å². The maximum Gasteiger partial charge on any atom is 0.252 e. The molecule has 0 spiro atoms. The number of amides is 1. The molecule has 3 rings (SSSR count). The normalized spacial score (nSPS) is 19.1. The monoisotopic (exact) mass is 401 g/mol. The van der Waals surface area contributed by atoms with E-state index in [-0.39, 0.29) is 5.91 Å². The molecule has 1 aromatic heterocycles. The number of aryl methyl sites for hydroxylation is 1. The Balaban J connectivity index is 1.47. The molecule has 1 amide bonds. The molecule has 1 heterocycles. The lowest BCUT2D eigenvalue weighted by Gasteiger charge is -2.29. The molecule has 0 radical (unpaired) electrons. The lowest BCUT2D eigenvalue weighted by Crippen LogP contribution is -2.34. The molecule has 2 aromatic rings. The van der Waals surface area contributed by atoms with E-state index in [0.717, 1.165) is 37.2 Å². The first-order chi connectivity index (χ1) is 13.4. The van der Waals surface area contributed by atoms with Crippen LogP contribution in [0.25, 0.3) is 0 Å². The summed E-state index contributed by atoms with van der Waals surface area (Å²) in [7, 11) is 3.96. The van der Waals surface area contributed by atoms with Gasteiger partial charge in [0.15, 0.2) is 0 Å². The van der Waals surface area contributed by atoms with Crippen LogP contribution in [0.1, 0.15) is 41.7 Å². The SMILES string of the molecule is Cc1cc(N(C)C)nc(NC2CCC(CNC(=O)c3ccccc3Cl)CC2)n1. The number of hydrogen-bond donors (Lipinski definition) is 2. The fraction of sp³-hybridized carbons (Fsp3) is 0.476. The molecule has 1 fully saturated rings. The van der Waals surface area contributed by atoms with Gasteiger partial charge in [-0.3, -0.25) is 4.79 Å². The van der Waals surface area contributed by atoms with E-state index in [1.807, 2.05) is 44.1 Å². The van der Waals surface area contributed by atoms with E-state index >= 15 is 0 Å². The third-order valence-electron chi connectivity index (χ3n) is 5.15. The number of benzene rings is 1. The Morgan fingerprint density at radius 2 is 1.89 bits per heavy atom. The molecule has 0 aliphatic heterocycles. The first kappa shape index (κ1) is 20.4. The third-order valence-corrected chi connectivity index (χ3v) is 5.48. The van der Waals surface area contributed by atoms with Gasteiger partial charge in [-0.1, -0.05) is 23.7 Å². The van der Waals surface area contributed by atoms with Crippen LogP contribution in [0.2, 0.25) is 5.02 Å². The number of rotatable bonds is 6. The van der Waals surface area contributed by atoms with Crippen LogP contribution in [-0.4, -0.2) is 42.6 Å². The average molecular weight is 402 g/mol. The molecule has 28 heavy (non-hydrogen) atoms. The van der Waals surface area contributed by atoms with E-state index in [2.05, 4.69) is 20.6 Å². The fourth-order valence-corrected chi connectivity index (χ4v) is 3.74. The van der Waals surface area contributed by atoms with Crippen LogP contribution in [-0.2, 0) is 0 Å². The number of carbonyl (C=O) groups excluding carboxylic acids is 1. The number of halogens is 1. The van der Waals surface area contributed by atoms with Gasteiger partial charge < -0.3 is 15.5 Å². The lowest BCUT2D eigenvalue weighted by molar-refractivity contribution is 0.0943. The van der Waals surface area contributed by atoms with E-state index in [9.17, 15) is 4.79 Å². The van der Waals surface area contributed by atoms with Gasteiger partial charge in [-0.15, -0.1) is 0 Å². The van der Waals surface area contributed by atoms with Crippen molar-refractivity contribution < 1.29 is 4.79 Å². The quantitative estimate of drug-likeness (QED) is 0.768. The fourth-order valence-electron chi connectivity index (χ4n) is 3.52. The number of carbonyl (C=O) groups is 1. The highest BCUT2D eigenvalue weighted by Gasteiger charge is 2.23. The second kappa shape index (κ2) is 9.24. The molecule has 1 aromatic carbocycles. The highest BCUT2D eigenvalue weighted by Crippen LogP contribution is 2.26. The number of nitrogens with one attached hydrogen (secondary N) is 2. The summed E-state index contributed by atoms with van der Waals surface area (Å²) in [5, 5.41) is 7.00. The van der Waals surface area contributed by atoms with Gasteiger partial charge in [0.25, 0.3) is 5.91 Å². The van der Waals surface area contributed by atoms with Crippen molar-refractivity contribution in [2.45, 2.75) is 38.6 Å². The standard InChI is InChI=1S/C21H28ClN5O/c1-14-12-19(27(2)3)26-21(24-14)25-16-10-8-15(9-11-16)13-23-20(28)17-6-4-5-7-18(17)22/h4-7,12,15-16H,8-11,13H2,1-3H3,(H,23,28)(H,24,25,26). The molecule has 6 nitrogen and oxygen atoms in total. The topological polar surface area (TPSA) is 70.2 Å². The van der Waals surface area contributed by atoms with Crippen molar-refractivity contribution in [3.05, 3.63) is 46.6 Å². The maximum absolute atomic E-state index is 12.3. The first-order valence-electron chi connectivity index (χ1n) is 9.74. The third kappa shape index (κ3) is 5.35. The van der Waals surface area contributed by atoms with Crippen LogP contribution in [0.5, 0.6) is 0 Å². The first-order valence-corrected chi connectivity index (χ1v) is 10.1. The second-order valence-electron chi connectivity index (χ2n) is 7.64. The molecule has 0 saturated heterocycles. The Hall–Kier alpha value is -2.34. The van der Waals surface area contributed by atoms with Gasteiger partial charge in [0.05, 0.1) is 10.6 Å². The van der Waals surface area contributed by atoms with Gasteiger partial charge in [0.1, 0.15) is 5.82 Å². The second-order valence-corrected chi connectivity index (χ2v) is 8.04. The Morgan fingerprint density at radius 3 is 2.57 bits per heavy atom. The van der Waals surface area contributed by atoms with Gasteiger partial charge in [-0.25, -0.2) is 4.98 Å². The predicted molar refractivity (Wildman–Crippen MR) is 114 cm³/mol. The molecule has 150 valence electrons. The van der Waals surface area contributed by atoms with Crippen LogP contribution in [0.15, 0.2) is 30.3 Å². The van der Waals surface area contributed by atoms with E-state index in [1.54, 1.807) is 12.1 Å². The summed E-state index contributed by atoms with van der Waals surface area (Å²) < 4.78 is 0. The Bertz CT molecular complexity index is 818. The van der Waals surface area contributed by atoms with Crippen LogP contribution in [0.4, 0.5) is 11.8 Å². The van der Waals surface area contributed by atoms with Crippen LogP contribution in [0.3, 0.4) is 0 Å². The number of anilines is 2. The minimum Gasteiger partial charge on any atom is -0.363 e. The zero-order valence-corrected chi connectivity index (χ0v) is 17.5. The summed E-state index contributed by atoms with van der Waals surface area (Å²) in [5.41, 5.74) is 1.49. The number of aromatic nitrogens is 2. The lowest BCUT2D eigenvalue weighted by atomic mass is 9.86. The Morgan fingerprint density at radius 1 is 1.18 bits per heavy atom. The number of nitrogens with zero attached hydrogens (tertiary/aromatic N) is 3. The van der Waals surface area contributed by atoms with E-state index in [4.69, 9.17) is 11.6 Å². The van der Waals surface area contributed by atoms with Crippen molar-refractivity contribution in [2.24, 2.45) is 5.92 Å². The molecule has 1 aliphatic carbocycles. The minimum atomic E-state index is -0.102. The van der Waals surface area contributed by atoms with Crippen molar-refractivity contribution in [2.75, 3.05) is 30.9 Å². The number of hydrogen-bond acceptors (Lipinski definition) is 5. The van der Waals surface area contributed by atoms with Crippen LogP contribution >= 0.6 is 11.6 Å². The average Bonchev–Trinajstić information content (AvgIpc) is 2.67. The molecule has 0 bridgehead atoms. The molecule has 1 aliphatic rings.